The molecule has 30 heavy (non-hydrogen) atoms. The Labute approximate surface area is 172 Å². The second-order valence-electron chi connectivity index (χ2n) is 7.36. The van der Waals surface area contributed by atoms with E-state index in [1.54, 1.807) is 0 Å². The van der Waals surface area contributed by atoms with Crippen molar-refractivity contribution < 1.29 is 28.7 Å². The second kappa shape index (κ2) is 9.47. The number of carbonyl (C=O) groups excluding carboxylic acids is 4. The first-order chi connectivity index (χ1) is 14.3. The van der Waals surface area contributed by atoms with Crippen LogP contribution in [-0.2, 0) is 32.3 Å². The molecule has 1 fully saturated rings. The summed E-state index contributed by atoms with van der Waals surface area (Å²) < 4.78 is 10.6. The first kappa shape index (κ1) is 21.4. The van der Waals surface area contributed by atoms with Crippen molar-refractivity contribution in [3.05, 3.63) is 35.4 Å². The fraction of sp³-hybridized carbons (Fsp3) is 0.500. The molecule has 2 N–H and O–H groups in total. The number of aromatic nitrogens is 4. The number of ketones is 2. The first-order valence-corrected chi connectivity index (χ1v) is 9.77. The number of Topliss-reactive ketones (excluding diaryl/α,β-unsaturated/α-hetero) is 2. The van der Waals surface area contributed by atoms with Gasteiger partial charge in [-0.1, -0.05) is 0 Å². The van der Waals surface area contributed by atoms with Gasteiger partial charge in [-0.15, -0.1) is 0 Å². The van der Waals surface area contributed by atoms with Gasteiger partial charge in [0.2, 0.25) is 0 Å². The molecular formula is C20H24N4O6. The third-order valence-electron chi connectivity index (χ3n) is 5.05. The number of esters is 2. The van der Waals surface area contributed by atoms with Gasteiger partial charge in [0.1, 0.15) is 13.2 Å². The van der Waals surface area contributed by atoms with E-state index in [-0.39, 0.29) is 60.2 Å². The van der Waals surface area contributed by atoms with Crippen LogP contribution in [0.25, 0.3) is 0 Å². The topological polar surface area (TPSA) is 144 Å². The van der Waals surface area contributed by atoms with E-state index < -0.39 is 0 Å². The molecule has 0 aromatic carbocycles. The van der Waals surface area contributed by atoms with Crippen molar-refractivity contribution in [2.24, 2.45) is 11.8 Å². The summed E-state index contributed by atoms with van der Waals surface area (Å²) in [5.41, 5.74) is 0.967. The van der Waals surface area contributed by atoms with Crippen LogP contribution >= 0.6 is 0 Å². The Kier molecular flexibility index (Phi) is 6.76. The molecule has 0 radical (unpaired) electrons. The Balaban J connectivity index is 1.39. The average Bonchev–Trinajstić information content (AvgIpc) is 3.40. The fourth-order valence-corrected chi connectivity index (χ4v) is 3.32. The van der Waals surface area contributed by atoms with Gasteiger partial charge < -0.3 is 19.4 Å². The molecule has 0 saturated heterocycles. The zero-order valence-electron chi connectivity index (χ0n) is 16.9. The molecule has 0 aliphatic heterocycles. The summed E-state index contributed by atoms with van der Waals surface area (Å²) in [5.74, 6) is -1.13. The van der Waals surface area contributed by atoms with Gasteiger partial charge in [-0.3, -0.25) is 19.2 Å². The zero-order chi connectivity index (χ0) is 21.7. The van der Waals surface area contributed by atoms with E-state index in [1.165, 1.54) is 26.2 Å². The number of hydrogen-bond donors (Lipinski definition) is 2. The van der Waals surface area contributed by atoms with Crippen molar-refractivity contribution in [1.82, 2.24) is 19.9 Å². The standard InChI is InChI=1S/C20H24N4O6/c1-11(25)17-21-7-15(23-17)9-29-19(27)13-3-5-14(6-4-13)20(28)30-10-16-8-22-18(24-16)12(2)26/h7-8,13-14H,3-6,9-10H2,1-2H3,(H,21,23)(H,22,24)/t13-,14-. The molecule has 0 unspecified atom stereocenters. The maximum absolute atomic E-state index is 12.3. The monoisotopic (exact) mass is 416 g/mol. The molecule has 10 nitrogen and oxygen atoms in total. The Morgan fingerprint density at radius 1 is 0.800 bits per heavy atom. The molecule has 10 heteroatoms. The summed E-state index contributed by atoms with van der Waals surface area (Å²) in [6.07, 6.45) is 5.22. The molecule has 2 aromatic rings. The Morgan fingerprint density at radius 3 is 1.47 bits per heavy atom. The van der Waals surface area contributed by atoms with Crippen LogP contribution in [0.4, 0.5) is 0 Å². The van der Waals surface area contributed by atoms with Crippen LogP contribution in [0, 0.1) is 11.8 Å². The molecule has 0 atom stereocenters. The Hall–Kier alpha value is -3.30. The predicted octanol–water partition coefficient (Wildman–Crippen LogP) is 2.13. The van der Waals surface area contributed by atoms with E-state index in [9.17, 15) is 19.2 Å². The molecule has 2 heterocycles. The lowest BCUT2D eigenvalue weighted by Crippen LogP contribution is -2.28. The Morgan fingerprint density at radius 2 is 1.17 bits per heavy atom. The number of nitrogens with one attached hydrogen (secondary N) is 2. The smallest absolute Gasteiger partial charge is 0.309 e. The van der Waals surface area contributed by atoms with E-state index in [2.05, 4.69) is 19.9 Å². The lowest BCUT2D eigenvalue weighted by atomic mass is 9.82. The van der Waals surface area contributed by atoms with Gasteiger partial charge in [-0.25, -0.2) is 9.97 Å². The van der Waals surface area contributed by atoms with Gasteiger partial charge >= 0.3 is 11.9 Å². The molecule has 1 aliphatic rings. The molecule has 0 spiro atoms. The molecule has 2 aromatic heterocycles. The van der Waals surface area contributed by atoms with Crippen molar-refractivity contribution in [3.63, 3.8) is 0 Å². The minimum atomic E-state index is -0.331. The summed E-state index contributed by atoms with van der Waals surface area (Å²) >= 11 is 0. The molecule has 1 aliphatic carbocycles. The van der Waals surface area contributed by atoms with Crippen LogP contribution in [0.5, 0.6) is 0 Å². The number of aromatic amines is 2. The van der Waals surface area contributed by atoms with Crippen LogP contribution in [0.3, 0.4) is 0 Å². The SMILES string of the molecule is CC(=O)c1nc(COC(=O)[C@H]2CC[C@H](C(=O)OCc3c[nH]c(C(C)=O)n3)CC2)c[nH]1. The van der Waals surface area contributed by atoms with Crippen molar-refractivity contribution in [2.45, 2.75) is 52.7 Å². The second-order valence-corrected chi connectivity index (χ2v) is 7.36. The van der Waals surface area contributed by atoms with E-state index in [0.29, 0.717) is 37.1 Å². The fourth-order valence-electron chi connectivity index (χ4n) is 3.32. The number of imidazole rings is 2. The van der Waals surface area contributed by atoms with Crippen molar-refractivity contribution in [3.8, 4) is 0 Å². The summed E-state index contributed by atoms with van der Waals surface area (Å²) in [4.78, 5) is 60.6. The summed E-state index contributed by atoms with van der Waals surface area (Å²) in [6.45, 7) is 2.79. The molecule has 1 saturated carbocycles. The highest BCUT2D eigenvalue weighted by atomic mass is 16.5. The highest BCUT2D eigenvalue weighted by Gasteiger charge is 2.32. The molecule has 160 valence electrons. The number of H-pyrrole nitrogens is 2. The van der Waals surface area contributed by atoms with Crippen LogP contribution in [0.1, 0.15) is 72.2 Å². The molecule has 0 bridgehead atoms. The molecule has 3 rings (SSSR count). The number of rotatable bonds is 8. The van der Waals surface area contributed by atoms with Crippen LogP contribution < -0.4 is 0 Å². The predicted molar refractivity (Wildman–Crippen MR) is 102 cm³/mol. The van der Waals surface area contributed by atoms with E-state index in [0.717, 1.165) is 0 Å². The number of hydrogen-bond acceptors (Lipinski definition) is 8. The number of carbonyl (C=O) groups is 4. The third kappa shape index (κ3) is 5.40. The minimum absolute atomic E-state index is 0.00347. The van der Waals surface area contributed by atoms with Crippen LogP contribution in [-0.4, -0.2) is 43.4 Å². The Bertz CT molecular complexity index is 863. The number of ether oxygens (including phenoxy) is 2. The van der Waals surface area contributed by atoms with Crippen LogP contribution in [0.2, 0.25) is 0 Å². The average molecular weight is 416 g/mol. The first-order valence-electron chi connectivity index (χ1n) is 9.77. The lowest BCUT2D eigenvalue weighted by Gasteiger charge is -2.25. The largest absolute Gasteiger partial charge is 0.459 e. The lowest BCUT2D eigenvalue weighted by molar-refractivity contribution is -0.156. The molecule has 0 amide bonds. The summed E-state index contributed by atoms with van der Waals surface area (Å²) in [7, 11) is 0. The van der Waals surface area contributed by atoms with Crippen LogP contribution in [0.15, 0.2) is 12.4 Å². The van der Waals surface area contributed by atoms with Crippen molar-refractivity contribution >= 4 is 23.5 Å². The highest BCUT2D eigenvalue weighted by Crippen LogP contribution is 2.30. The van der Waals surface area contributed by atoms with Gasteiger partial charge in [-0.05, 0) is 25.7 Å². The summed E-state index contributed by atoms with van der Waals surface area (Å²) in [5, 5.41) is 0. The number of nitrogens with zero attached hydrogens (tertiary/aromatic N) is 2. The highest BCUT2D eigenvalue weighted by molar-refractivity contribution is 5.90. The van der Waals surface area contributed by atoms with Crippen molar-refractivity contribution in [1.29, 1.82) is 0 Å². The van der Waals surface area contributed by atoms with E-state index >= 15 is 0 Å². The third-order valence-corrected chi connectivity index (χ3v) is 5.05. The summed E-state index contributed by atoms with van der Waals surface area (Å²) in [6, 6.07) is 0. The van der Waals surface area contributed by atoms with Gasteiger partial charge in [0, 0.05) is 26.2 Å². The minimum Gasteiger partial charge on any atom is -0.459 e. The zero-order valence-corrected chi connectivity index (χ0v) is 16.9. The van der Waals surface area contributed by atoms with Gasteiger partial charge in [-0.2, -0.15) is 0 Å². The quantitative estimate of drug-likeness (QED) is 0.492. The maximum Gasteiger partial charge on any atom is 0.309 e. The van der Waals surface area contributed by atoms with Gasteiger partial charge in [0.25, 0.3) is 0 Å². The molecular weight excluding hydrogens is 392 g/mol. The van der Waals surface area contributed by atoms with E-state index in [1.807, 2.05) is 0 Å². The van der Waals surface area contributed by atoms with Gasteiger partial charge in [0.05, 0.1) is 23.2 Å². The van der Waals surface area contributed by atoms with Gasteiger partial charge in [0.15, 0.2) is 23.2 Å². The van der Waals surface area contributed by atoms with E-state index in [4.69, 9.17) is 9.47 Å². The maximum atomic E-state index is 12.3. The normalized spacial score (nSPS) is 18.6. The van der Waals surface area contributed by atoms with Crippen molar-refractivity contribution in [2.75, 3.05) is 0 Å².